The van der Waals surface area contributed by atoms with Crippen molar-refractivity contribution in [2.24, 2.45) is 0 Å². The molecule has 12 unspecified atom stereocenters. The average Bonchev–Trinajstić information content (AvgIpc) is 3.44. The van der Waals surface area contributed by atoms with Gasteiger partial charge in [-0.15, -0.1) is 0 Å². The third-order valence-electron chi connectivity index (χ3n) is 15.3. The Labute approximate surface area is 467 Å². The van der Waals surface area contributed by atoms with Crippen LogP contribution in [-0.4, -0.2) is 140 Å². The molecule has 0 aliphatic carbocycles. The molecule has 2 saturated heterocycles. The van der Waals surface area contributed by atoms with E-state index in [1.807, 2.05) is 6.08 Å². The van der Waals surface area contributed by atoms with Crippen LogP contribution in [0.2, 0.25) is 0 Å². The number of hydrogen-bond acceptors (Lipinski definition) is 13. The van der Waals surface area contributed by atoms with Crippen molar-refractivity contribution in [3.63, 3.8) is 0 Å². The molecule has 77 heavy (non-hydrogen) atoms. The van der Waals surface area contributed by atoms with Crippen LogP contribution < -0.4 is 5.32 Å². The van der Waals surface area contributed by atoms with Gasteiger partial charge in [0.25, 0.3) is 0 Å². The number of amides is 1. The molecule has 450 valence electrons. The molecule has 2 aliphatic rings. The van der Waals surface area contributed by atoms with Crippen LogP contribution in [0.25, 0.3) is 0 Å². The van der Waals surface area contributed by atoms with Gasteiger partial charge < -0.3 is 65.1 Å². The third kappa shape index (κ3) is 34.1. The number of carbonyl (C=O) groups is 1. The highest BCUT2D eigenvalue weighted by Gasteiger charge is 2.51. The fourth-order valence-corrected chi connectivity index (χ4v) is 10.2. The molecule has 12 atom stereocenters. The van der Waals surface area contributed by atoms with E-state index in [9.17, 15) is 45.6 Å². The molecular formula is C63H115NO13. The van der Waals surface area contributed by atoms with Gasteiger partial charge in [-0.2, -0.15) is 0 Å². The van der Waals surface area contributed by atoms with Crippen LogP contribution in [0.1, 0.15) is 251 Å². The maximum Gasteiger partial charge on any atom is 0.220 e. The van der Waals surface area contributed by atoms with Crippen molar-refractivity contribution in [1.82, 2.24) is 5.32 Å². The Balaban J connectivity index is 1.71. The van der Waals surface area contributed by atoms with Crippen LogP contribution in [0.4, 0.5) is 0 Å². The Hall–Kier alpha value is -2.05. The number of unbranched alkanes of at least 4 members (excludes halogenated alkanes) is 31. The number of allylic oxidation sites excluding steroid dienone is 7. The molecule has 2 fully saturated rings. The Morgan fingerprint density at radius 3 is 1.38 bits per heavy atom. The normalized spacial score (nSPS) is 25.0. The monoisotopic (exact) mass is 1090 g/mol. The van der Waals surface area contributed by atoms with E-state index < -0.39 is 86.8 Å². The topological polar surface area (TPSA) is 228 Å². The molecule has 0 saturated carbocycles. The summed E-state index contributed by atoms with van der Waals surface area (Å²) in [6.07, 6.45) is 44.5. The van der Waals surface area contributed by atoms with Crippen LogP contribution in [0, 0.1) is 0 Å². The highest BCUT2D eigenvalue weighted by molar-refractivity contribution is 5.76. The molecule has 9 N–H and O–H groups in total. The van der Waals surface area contributed by atoms with E-state index in [2.05, 4.69) is 55.6 Å². The fraction of sp³-hybridized carbons (Fsp3) is 0.857. The van der Waals surface area contributed by atoms with E-state index in [4.69, 9.17) is 18.9 Å². The van der Waals surface area contributed by atoms with Gasteiger partial charge in [-0.1, -0.05) is 242 Å². The molecule has 0 aromatic carbocycles. The first-order chi connectivity index (χ1) is 37.6. The summed E-state index contributed by atoms with van der Waals surface area (Å²) in [7, 11) is 0. The van der Waals surface area contributed by atoms with Crippen molar-refractivity contribution >= 4 is 5.91 Å². The molecule has 0 bridgehead atoms. The summed E-state index contributed by atoms with van der Waals surface area (Å²) >= 11 is 0. The zero-order chi connectivity index (χ0) is 56.0. The van der Waals surface area contributed by atoms with Crippen molar-refractivity contribution in [1.29, 1.82) is 0 Å². The summed E-state index contributed by atoms with van der Waals surface area (Å²) in [6.45, 7) is 2.69. The van der Waals surface area contributed by atoms with Gasteiger partial charge in [0, 0.05) is 6.42 Å². The molecule has 0 radical (unpaired) electrons. The number of carbonyl (C=O) groups excluding carboxylic acids is 1. The van der Waals surface area contributed by atoms with E-state index in [0.717, 1.165) is 70.6 Å². The first kappa shape index (κ1) is 71.1. The van der Waals surface area contributed by atoms with E-state index >= 15 is 0 Å². The number of nitrogens with one attached hydrogen (secondary N) is 1. The average molecular weight is 1090 g/mol. The van der Waals surface area contributed by atoms with Gasteiger partial charge in [-0.3, -0.25) is 4.79 Å². The van der Waals surface area contributed by atoms with Crippen LogP contribution in [0.5, 0.6) is 0 Å². The SMILES string of the molecule is CC/C=C\C/C=C\C/C=C\CCCCCCCC(=O)NC(COC1OC(CO)C(OC2OC(CO)C(O)C(O)C2O)C(O)C1O)C(O)/C=C/CCCCCCCCCCCCCCCCCCCCCCCCCCCC. The lowest BCUT2D eigenvalue weighted by Crippen LogP contribution is -2.65. The first-order valence-corrected chi connectivity index (χ1v) is 31.4. The summed E-state index contributed by atoms with van der Waals surface area (Å²) < 4.78 is 22.8. The first-order valence-electron chi connectivity index (χ1n) is 31.4. The lowest BCUT2D eigenvalue weighted by atomic mass is 9.97. The molecule has 0 aromatic rings. The highest BCUT2D eigenvalue weighted by atomic mass is 16.7. The second kappa shape index (κ2) is 48.6. The van der Waals surface area contributed by atoms with E-state index in [0.29, 0.717) is 6.42 Å². The molecule has 2 rings (SSSR count). The number of aliphatic hydroxyl groups is 8. The number of aliphatic hydroxyl groups excluding tert-OH is 8. The summed E-state index contributed by atoms with van der Waals surface area (Å²) in [5.41, 5.74) is 0. The quantitative estimate of drug-likeness (QED) is 0.0204. The van der Waals surface area contributed by atoms with Gasteiger partial charge in [0.05, 0.1) is 32.0 Å². The zero-order valence-electron chi connectivity index (χ0n) is 48.5. The maximum absolute atomic E-state index is 13.2. The smallest absolute Gasteiger partial charge is 0.220 e. The predicted molar refractivity (Wildman–Crippen MR) is 309 cm³/mol. The summed E-state index contributed by atoms with van der Waals surface area (Å²) in [5, 5.41) is 87.1. The lowest BCUT2D eigenvalue weighted by Gasteiger charge is -2.46. The van der Waals surface area contributed by atoms with E-state index in [1.165, 1.54) is 154 Å². The standard InChI is InChI=1S/C63H115NO13/c1-3-5-7-9-11-13-15-17-19-20-21-22-23-24-25-26-27-28-29-30-31-33-34-36-38-40-42-44-46-52(67)51(64-55(68)47-45-43-41-39-37-35-32-18-16-14-12-10-8-6-4-2)50-74-62-60(73)58(71)61(54(49-66)76-62)77-63-59(72)57(70)56(69)53(48-65)75-63/h6,8,12,14,18,32,44,46,51-54,56-63,65-67,69-73H,3-5,7,9-11,13,15-17,19-31,33-43,45,47-50H2,1-2H3,(H,64,68)/b8-6-,14-12-,32-18-,46-44+. The van der Waals surface area contributed by atoms with Gasteiger partial charge in [0.2, 0.25) is 5.91 Å². The Bertz CT molecular complexity index is 1480. The number of hydrogen-bond donors (Lipinski definition) is 9. The van der Waals surface area contributed by atoms with Gasteiger partial charge in [-0.25, -0.2) is 0 Å². The molecule has 14 nitrogen and oxygen atoms in total. The second-order valence-corrected chi connectivity index (χ2v) is 22.2. The van der Waals surface area contributed by atoms with Crippen molar-refractivity contribution in [3.05, 3.63) is 48.6 Å². The number of ether oxygens (including phenoxy) is 4. The molecule has 2 aliphatic heterocycles. The van der Waals surface area contributed by atoms with E-state index in [-0.39, 0.29) is 18.9 Å². The van der Waals surface area contributed by atoms with Crippen LogP contribution >= 0.6 is 0 Å². The third-order valence-corrected chi connectivity index (χ3v) is 15.3. The predicted octanol–water partition coefficient (Wildman–Crippen LogP) is 11.2. The molecular weight excluding hydrogens is 979 g/mol. The largest absolute Gasteiger partial charge is 0.394 e. The van der Waals surface area contributed by atoms with Gasteiger partial charge in [-0.05, 0) is 51.4 Å². The van der Waals surface area contributed by atoms with Gasteiger partial charge in [0.15, 0.2) is 12.6 Å². The second-order valence-electron chi connectivity index (χ2n) is 22.2. The molecule has 2 heterocycles. The van der Waals surface area contributed by atoms with E-state index in [1.54, 1.807) is 6.08 Å². The Morgan fingerprint density at radius 1 is 0.481 bits per heavy atom. The summed E-state index contributed by atoms with van der Waals surface area (Å²) in [5.74, 6) is -0.256. The van der Waals surface area contributed by atoms with Gasteiger partial charge in [0.1, 0.15) is 48.8 Å². The van der Waals surface area contributed by atoms with Crippen molar-refractivity contribution < 1.29 is 64.6 Å². The molecule has 0 aromatic heterocycles. The summed E-state index contributed by atoms with van der Waals surface area (Å²) in [6, 6.07) is -0.925. The molecule has 14 heteroatoms. The minimum absolute atomic E-state index is 0.256. The minimum atomic E-state index is -1.79. The van der Waals surface area contributed by atoms with Crippen molar-refractivity contribution in [2.45, 2.75) is 325 Å². The van der Waals surface area contributed by atoms with Gasteiger partial charge >= 0.3 is 0 Å². The maximum atomic E-state index is 13.2. The Morgan fingerprint density at radius 2 is 0.896 bits per heavy atom. The molecule has 1 amide bonds. The Kier molecular flexibility index (Phi) is 44.9. The highest BCUT2D eigenvalue weighted by Crippen LogP contribution is 2.30. The minimum Gasteiger partial charge on any atom is -0.394 e. The fourth-order valence-electron chi connectivity index (χ4n) is 10.2. The van der Waals surface area contributed by atoms with Crippen LogP contribution in [0.15, 0.2) is 48.6 Å². The van der Waals surface area contributed by atoms with Crippen LogP contribution in [0.3, 0.4) is 0 Å². The lowest BCUT2D eigenvalue weighted by molar-refractivity contribution is -0.359. The van der Waals surface area contributed by atoms with Crippen LogP contribution in [-0.2, 0) is 23.7 Å². The summed E-state index contributed by atoms with van der Waals surface area (Å²) in [4.78, 5) is 13.2. The van der Waals surface area contributed by atoms with Crippen molar-refractivity contribution in [2.75, 3.05) is 19.8 Å². The number of rotatable bonds is 50. The molecule has 0 spiro atoms. The van der Waals surface area contributed by atoms with Crippen molar-refractivity contribution in [3.8, 4) is 0 Å². The zero-order valence-corrected chi connectivity index (χ0v) is 48.5.